The van der Waals surface area contributed by atoms with Gasteiger partial charge in [-0.1, -0.05) is 13.0 Å². The van der Waals surface area contributed by atoms with E-state index in [0.29, 0.717) is 12.2 Å². The Morgan fingerprint density at radius 3 is 2.54 bits per heavy atom. The molecule has 2 N–H and O–H groups in total. The number of aromatic carboxylic acids is 1. The number of anilines is 1. The third kappa shape index (κ3) is 3.84. The molecule has 1 aromatic carbocycles. The second kappa shape index (κ2) is 7.17. The largest absolute Gasteiger partial charge is 0.478 e. The minimum absolute atomic E-state index is 0.144. The Balaban J connectivity index is 2.13. The molecule has 2 aromatic rings. The number of carbonyl (C=O) groups excluding carboxylic acids is 1. The topological polar surface area (TPSA) is 84.2 Å². The number of hydrogen-bond acceptors (Lipinski definition) is 3. The molecule has 0 unspecified atom stereocenters. The van der Waals surface area contributed by atoms with Crippen molar-refractivity contribution in [3.8, 4) is 0 Å². The number of carbonyl (C=O) groups is 2. The van der Waals surface area contributed by atoms with Crippen molar-refractivity contribution in [2.24, 2.45) is 5.92 Å². The van der Waals surface area contributed by atoms with E-state index in [2.05, 4.69) is 26.3 Å². The Hall–Kier alpha value is -2.15. The van der Waals surface area contributed by atoms with Gasteiger partial charge in [-0.3, -0.25) is 9.48 Å². The molecule has 0 aliphatic heterocycles. The van der Waals surface area contributed by atoms with E-state index in [1.807, 2.05) is 27.7 Å². The molecule has 1 aromatic heterocycles. The molecule has 1 atom stereocenters. The molecule has 7 heteroatoms. The summed E-state index contributed by atoms with van der Waals surface area (Å²) < 4.78 is 2.74. The maximum atomic E-state index is 12.4. The zero-order chi connectivity index (χ0) is 18.0. The third-order valence-electron chi connectivity index (χ3n) is 3.93. The zero-order valence-corrected chi connectivity index (χ0v) is 15.6. The van der Waals surface area contributed by atoms with Crippen LogP contribution in [0.3, 0.4) is 0 Å². The summed E-state index contributed by atoms with van der Waals surface area (Å²) >= 11 is 3.47. The first-order chi connectivity index (χ1) is 11.2. The Kier molecular flexibility index (Phi) is 5.43. The second-order valence-corrected chi connectivity index (χ2v) is 6.69. The lowest BCUT2D eigenvalue weighted by Crippen LogP contribution is -2.25. The quantitative estimate of drug-likeness (QED) is 0.813. The number of hydrogen-bond donors (Lipinski definition) is 2. The van der Waals surface area contributed by atoms with Crippen LogP contribution in [0.15, 0.2) is 22.7 Å². The van der Waals surface area contributed by atoms with Crippen LogP contribution in [-0.2, 0) is 11.3 Å². The summed E-state index contributed by atoms with van der Waals surface area (Å²) in [6.07, 6.45) is 0. The van der Waals surface area contributed by atoms with Crippen LogP contribution >= 0.6 is 15.9 Å². The standard InChI is InChI=1S/C17H20BrN3O3/c1-9-5-6-13(17(23)24)7-14(9)19-16(22)10(2)8-21-12(4)15(18)11(3)20-21/h5-7,10H,8H2,1-4H3,(H,19,22)(H,23,24)/t10-/m1/s1. The van der Waals surface area contributed by atoms with Crippen molar-refractivity contribution in [3.63, 3.8) is 0 Å². The molecule has 0 fully saturated rings. The van der Waals surface area contributed by atoms with Gasteiger partial charge in [-0.25, -0.2) is 4.79 Å². The SMILES string of the molecule is Cc1ccc(C(=O)O)cc1NC(=O)[C@H](C)Cn1nc(C)c(Br)c1C. The maximum absolute atomic E-state index is 12.4. The van der Waals surface area contributed by atoms with Gasteiger partial charge in [-0.15, -0.1) is 0 Å². The fraction of sp³-hybridized carbons (Fsp3) is 0.353. The summed E-state index contributed by atoms with van der Waals surface area (Å²) in [5.41, 5.74) is 3.32. The van der Waals surface area contributed by atoms with Crippen molar-refractivity contribution in [1.29, 1.82) is 0 Å². The van der Waals surface area contributed by atoms with Gasteiger partial charge in [0.25, 0.3) is 0 Å². The Morgan fingerprint density at radius 2 is 2.00 bits per heavy atom. The van der Waals surface area contributed by atoms with Gasteiger partial charge in [0.15, 0.2) is 0 Å². The number of carboxylic acids is 1. The van der Waals surface area contributed by atoms with Gasteiger partial charge in [-0.2, -0.15) is 5.10 Å². The van der Waals surface area contributed by atoms with Gasteiger partial charge in [0, 0.05) is 11.4 Å². The average molecular weight is 394 g/mol. The maximum Gasteiger partial charge on any atom is 0.335 e. The molecule has 0 spiro atoms. The molecule has 1 heterocycles. The number of benzene rings is 1. The molecule has 0 aliphatic rings. The molecule has 0 radical (unpaired) electrons. The molecule has 0 aliphatic carbocycles. The van der Waals surface area contributed by atoms with Crippen LogP contribution in [0.25, 0.3) is 0 Å². The van der Waals surface area contributed by atoms with Gasteiger partial charge in [0.05, 0.1) is 28.2 Å². The van der Waals surface area contributed by atoms with E-state index in [4.69, 9.17) is 5.11 Å². The highest BCUT2D eigenvalue weighted by Crippen LogP contribution is 2.22. The average Bonchev–Trinajstić information content (AvgIpc) is 2.76. The Bertz CT molecular complexity index is 799. The van der Waals surface area contributed by atoms with Crippen LogP contribution in [0.5, 0.6) is 0 Å². The third-order valence-corrected chi connectivity index (χ3v) is 5.08. The molecule has 1 amide bonds. The Morgan fingerprint density at radius 1 is 1.33 bits per heavy atom. The number of rotatable bonds is 5. The molecule has 0 saturated heterocycles. The van der Waals surface area contributed by atoms with Crippen LogP contribution < -0.4 is 5.32 Å². The molecular weight excluding hydrogens is 374 g/mol. The van der Waals surface area contributed by atoms with Crippen molar-refractivity contribution >= 4 is 33.5 Å². The van der Waals surface area contributed by atoms with Crippen LogP contribution in [0.4, 0.5) is 5.69 Å². The summed E-state index contributed by atoms with van der Waals surface area (Å²) in [4.78, 5) is 23.5. The summed E-state index contributed by atoms with van der Waals surface area (Å²) in [5.74, 6) is -1.52. The Labute approximate surface area is 149 Å². The minimum Gasteiger partial charge on any atom is -0.478 e. The van der Waals surface area contributed by atoms with Crippen molar-refractivity contribution in [1.82, 2.24) is 9.78 Å². The molecule has 24 heavy (non-hydrogen) atoms. The smallest absolute Gasteiger partial charge is 0.335 e. The number of nitrogens with one attached hydrogen (secondary N) is 1. The van der Waals surface area contributed by atoms with Crippen LogP contribution in [0.1, 0.15) is 34.2 Å². The van der Waals surface area contributed by atoms with E-state index in [1.165, 1.54) is 12.1 Å². The molecule has 0 saturated carbocycles. The van der Waals surface area contributed by atoms with Gasteiger partial charge in [0.1, 0.15) is 0 Å². The number of nitrogens with zero attached hydrogens (tertiary/aromatic N) is 2. The van der Waals surface area contributed by atoms with E-state index in [9.17, 15) is 9.59 Å². The zero-order valence-electron chi connectivity index (χ0n) is 14.1. The fourth-order valence-corrected chi connectivity index (χ4v) is 2.62. The highest BCUT2D eigenvalue weighted by Gasteiger charge is 2.18. The number of aryl methyl sites for hydroxylation is 2. The molecule has 128 valence electrons. The summed E-state index contributed by atoms with van der Waals surface area (Å²) in [7, 11) is 0. The summed E-state index contributed by atoms with van der Waals surface area (Å²) in [6.45, 7) is 7.93. The van der Waals surface area contributed by atoms with E-state index in [0.717, 1.165) is 21.4 Å². The predicted octanol–water partition coefficient (Wildman–Crippen LogP) is 3.54. The monoisotopic (exact) mass is 393 g/mol. The van der Waals surface area contributed by atoms with Gasteiger partial charge < -0.3 is 10.4 Å². The highest BCUT2D eigenvalue weighted by atomic mass is 79.9. The van der Waals surface area contributed by atoms with E-state index < -0.39 is 5.97 Å². The number of halogens is 1. The van der Waals surface area contributed by atoms with Crippen molar-refractivity contribution in [2.75, 3.05) is 5.32 Å². The van der Waals surface area contributed by atoms with E-state index in [-0.39, 0.29) is 17.4 Å². The highest BCUT2D eigenvalue weighted by molar-refractivity contribution is 9.10. The lowest BCUT2D eigenvalue weighted by molar-refractivity contribution is -0.119. The van der Waals surface area contributed by atoms with Crippen molar-refractivity contribution in [2.45, 2.75) is 34.2 Å². The summed E-state index contributed by atoms with van der Waals surface area (Å²) in [6, 6.07) is 4.67. The number of amides is 1. The van der Waals surface area contributed by atoms with Crippen LogP contribution in [0.2, 0.25) is 0 Å². The van der Waals surface area contributed by atoms with Gasteiger partial charge in [0.2, 0.25) is 5.91 Å². The first kappa shape index (κ1) is 18.2. The first-order valence-corrected chi connectivity index (χ1v) is 8.34. The van der Waals surface area contributed by atoms with Crippen LogP contribution in [-0.4, -0.2) is 26.8 Å². The first-order valence-electron chi connectivity index (χ1n) is 7.55. The van der Waals surface area contributed by atoms with Gasteiger partial charge in [-0.05, 0) is 54.4 Å². The number of aromatic nitrogens is 2. The minimum atomic E-state index is -1.02. The molecule has 6 nitrogen and oxygen atoms in total. The van der Waals surface area contributed by atoms with Crippen LogP contribution in [0, 0.1) is 26.7 Å². The predicted molar refractivity (Wildman–Crippen MR) is 95.3 cm³/mol. The lowest BCUT2D eigenvalue weighted by Gasteiger charge is -2.15. The van der Waals surface area contributed by atoms with E-state index >= 15 is 0 Å². The van der Waals surface area contributed by atoms with E-state index in [1.54, 1.807) is 10.7 Å². The normalized spacial score (nSPS) is 12.0. The fourth-order valence-electron chi connectivity index (χ4n) is 2.34. The summed E-state index contributed by atoms with van der Waals surface area (Å²) in [5, 5.41) is 16.3. The van der Waals surface area contributed by atoms with Crippen molar-refractivity contribution < 1.29 is 14.7 Å². The lowest BCUT2D eigenvalue weighted by atomic mass is 10.1. The number of carboxylic acid groups (broad SMARTS) is 1. The second-order valence-electron chi connectivity index (χ2n) is 5.89. The molecular formula is C17H20BrN3O3. The molecule has 0 bridgehead atoms. The molecule has 2 rings (SSSR count). The van der Waals surface area contributed by atoms with Crippen molar-refractivity contribution in [3.05, 3.63) is 45.2 Å². The van der Waals surface area contributed by atoms with Gasteiger partial charge >= 0.3 is 5.97 Å².